The van der Waals surface area contributed by atoms with Crippen molar-refractivity contribution in [1.29, 1.82) is 0 Å². The van der Waals surface area contributed by atoms with E-state index in [0.29, 0.717) is 23.2 Å². The first-order valence-corrected chi connectivity index (χ1v) is 12.1. The van der Waals surface area contributed by atoms with Crippen LogP contribution in [0.1, 0.15) is 41.5 Å². The van der Waals surface area contributed by atoms with Crippen molar-refractivity contribution in [3.63, 3.8) is 0 Å². The molecule has 0 spiro atoms. The van der Waals surface area contributed by atoms with Gasteiger partial charge in [-0.3, -0.25) is 0 Å². The zero-order chi connectivity index (χ0) is 18.3. The van der Waals surface area contributed by atoms with Crippen molar-refractivity contribution in [1.82, 2.24) is 0 Å². The van der Waals surface area contributed by atoms with E-state index >= 15 is 0 Å². The van der Waals surface area contributed by atoms with Gasteiger partial charge in [-0.05, 0) is 67.8 Å². The summed E-state index contributed by atoms with van der Waals surface area (Å²) < 4.78 is 12.7. The number of methoxy groups -OCH3 is 1. The molecule has 1 aromatic rings. The maximum Gasteiger partial charge on any atom is 0.201 e. The summed E-state index contributed by atoms with van der Waals surface area (Å²) in [6.07, 6.45) is 0. The van der Waals surface area contributed by atoms with E-state index in [0.717, 1.165) is 15.1 Å². The Kier molecular flexibility index (Phi) is 8.93. The van der Waals surface area contributed by atoms with Gasteiger partial charge in [0.25, 0.3) is 0 Å². The van der Waals surface area contributed by atoms with Crippen molar-refractivity contribution in [2.75, 3.05) is 13.7 Å². The van der Waals surface area contributed by atoms with Crippen molar-refractivity contribution < 1.29 is 9.16 Å². The number of hydrogen-bond donors (Lipinski definition) is 0. The fraction of sp³-hybridized carbons (Fsp3) is 0.579. The first-order chi connectivity index (χ1) is 11.3. The minimum Gasteiger partial charge on any atom is -0.497 e. The lowest BCUT2D eigenvalue weighted by Gasteiger charge is -2.41. The number of thioether (sulfide) groups is 1. The molecular formula is C19H29BrO2SSi. The third-order valence-corrected chi connectivity index (χ3v) is 12.3. The van der Waals surface area contributed by atoms with Gasteiger partial charge < -0.3 is 9.16 Å². The molecule has 24 heavy (non-hydrogen) atoms. The summed E-state index contributed by atoms with van der Waals surface area (Å²) >= 11 is 5.05. The Morgan fingerprint density at radius 3 is 2.17 bits per heavy atom. The molecule has 1 rings (SSSR count). The fourth-order valence-electron chi connectivity index (χ4n) is 3.47. The highest BCUT2D eigenvalue weighted by Gasteiger charge is 2.44. The quantitative estimate of drug-likeness (QED) is 0.273. The molecule has 1 aromatic carbocycles. The van der Waals surface area contributed by atoms with E-state index in [1.54, 1.807) is 7.11 Å². The molecule has 0 fully saturated rings. The van der Waals surface area contributed by atoms with Crippen LogP contribution in [0.5, 0.6) is 5.75 Å². The summed E-state index contributed by atoms with van der Waals surface area (Å²) in [7, 11) is -0.152. The van der Waals surface area contributed by atoms with Crippen LogP contribution >= 0.6 is 27.7 Å². The largest absolute Gasteiger partial charge is 0.497 e. The third kappa shape index (κ3) is 5.29. The number of rotatable bonds is 7. The predicted octanol–water partition coefficient (Wildman–Crippen LogP) is 6.70. The van der Waals surface area contributed by atoms with Crippen LogP contribution in [-0.2, 0) is 4.43 Å². The molecule has 2 nitrogen and oxygen atoms in total. The molecule has 5 heteroatoms. The second kappa shape index (κ2) is 9.91. The van der Waals surface area contributed by atoms with E-state index in [9.17, 15) is 0 Å². The summed E-state index contributed by atoms with van der Waals surface area (Å²) in [4.78, 5) is 1.06. The average molecular weight is 429 g/mol. The molecule has 0 unspecified atom stereocenters. The highest BCUT2D eigenvalue weighted by molar-refractivity contribution is 9.10. The van der Waals surface area contributed by atoms with Gasteiger partial charge in [-0.15, -0.1) is 0 Å². The first-order valence-electron chi connectivity index (χ1n) is 8.37. The number of halogens is 1. The van der Waals surface area contributed by atoms with Gasteiger partial charge in [0.05, 0.1) is 13.7 Å². The molecule has 134 valence electrons. The van der Waals surface area contributed by atoms with Crippen molar-refractivity contribution >= 4 is 36.0 Å². The summed E-state index contributed by atoms with van der Waals surface area (Å²) in [6, 6.07) is 5.89. The molecule has 0 amide bonds. The van der Waals surface area contributed by atoms with Gasteiger partial charge in [-0.1, -0.05) is 47.5 Å². The van der Waals surface area contributed by atoms with Crippen molar-refractivity contribution in [2.45, 2.75) is 63.1 Å². The highest BCUT2D eigenvalue weighted by atomic mass is 79.9. The van der Waals surface area contributed by atoms with Gasteiger partial charge in [-0.25, -0.2) is 0 Å². The van der Waals surface area contributed by atoms with Gasteiger partial charge in [0, 0.05) is 9.37 Å². The Bertz CT molecular complexity index is 569. The smallest absolute Gasteiger partial charge is 0.201 e. The number of benzene rings is 1. The standard InChI is InChI=1S/C19H29BrO2SSi/c1-14(2)24(15(3)4,16(5)6)22-11-8-12-23-19-13-17(21-7)9-10-18(19)20/h9-10,13-16H,11H2,1-7H3. The Labute approximate surface area is 161 Å². The molecule has 0 aliphatic rings. The van der Waals surface area contributed by atoms with Crippen molar-refractivity contribution in [2.24, 2.45) is 0 Å². The third-order valence-electron chi connectivity index (χ3n) is 4.47. The van der Waals surface area contributed by atoms with Gasteiger partial charge in [0.1, 0.15) is 5.75 Å². The molecule has 0 N–H and O–H groups in total. The summed E-state index contributed by atoms with van der Waals surface area (Å²) in [5.41, 5.74) is 1.75. The van der Waals surface area contributed by atoms with Gasteiger partial charge >= 0.3 is 0 Å². The molecule has 0 aliphatic heterocycles. The SMILES string of the molecule is COc1ccc(Br)c(SC#CCO[Si](C(C)C)(C(C)C)C(C)C)c1. The van der Waals surface area contributed by atoms with Gasteiger partial charge in [-0.2, -0.15) is 0 Å². The van der Waals surface area contributed by atoms with Gasteiger partial charge in [0.2, 0.25) is 8.32 Å². The van der Waals surface area contributed by atoms with Crippen LogP contribution < -0.4 is 4.74 Å². The Morgan fingerprint density at radius 2 is 1.67 bits per heavy atom. The number of ether oxygens (including phenoxy) is 1. The molecule has 0 saturated heterocycles. The Hall–Kier alpha value is -0.413. The summed E-state index contributed by atoms with van der Waals surface area (Å²) in [5, 5.41) is 3.16. The lowest BCUT2D eigenvalue weighted by Crippen LogP contribution is -2.47. The lowest BCUT2D eigenvalue weighted by atomic mass is 10.3. The monoisotopic (exact) mass is 428 g/mol. The van der Waals surface area contributed by atoms with E-state index in [2.05, 4.69) is 68.6 Å². The molecule has 0 radical (unpaired) electrons. The second-order valence-corrected chi connectivity index (χ2v) is 13.9. The van der Waals surface area contributed by atoms with Crippen LogP contribution in [0.15, 0.2) is 27.6 Å². The first kappa shape index (κ1) is 21.6. The van der Waals surface area contributed by atoms with E-state index < -0.39 is 8.32 Å². The van der Waals surface area contributed by atoms with Crippen molar-refractivity contribution in [3.05, 3.63) is 22.7 Å². The topological polar surface area (TPSA) is 18.5 Å². The number of hydrogen-bond acceptors (Lipinski definition) is 3. The van der Waals surface area contributed by atoms with Crippen LogP contribution in [0.25, 0.3) is 0 Å². The molecule has 0 heterocycles. The fourth-order valence-corrected chi connectivity index (χ4v) is 9.86. The summed E-state index contributed by atoms with van der Waals surface area (Å²) in [6.45, 7) is 14.3. The van der Waals surface area contributed by atoms with Crippen LogP contribution in [0.2, 0.25) is 16.6 Å². The predicted molar refractivity (Wildman–Crippen MR) is 111 cm³/mol. The molecular weight excluding hydrogens is 400 g/mol. The van der Waals surface area contributed by atoms with Gasteiger partial charge in [0.15, 0.2) is 0 Å². The second-order valence-electron chi connectivity index (χ2n) is 6.78. The van der Waals surface area contributed by atoms with E-state index in [1.165, 1.54) is 11.8 Å². The van der Waals surface area contributed by atoms with Crippen molar-refractivity contribution in [3.8, 4) is 16.9 Å². The zero-order valence-corrected chi connectivity index (χ0v) is 19.2. The average Bonchev–Trinajstić information content (AvgIpc) is 2.51. The lowest BCUT2D eigenvalue weighted by molar-refractivity contribution is 0.322. The maximum atomic E-state index is 6.44. The van der Waals surface area contributed by atoms with Crippen LogP contribution in [0.3, 0.4) is 0 Å². The van der Waals surface area contributed by atoms with E-state index in [-0.39, 0.29) is 0 Å². The molecule has 0 aromatic heterocycles. The molecule has 0 aliphatic carbocycles. The highest BCUT2D eigenvalue weighted by Crippen LogP contribution is 2.42. The Balaban J connectivity index is 2.75. The van der Waals surface area contributed by atoms with E-state index in [4.69, 9.17) is 9.16 Å². The molecule has 0 atom stereocenters. The molecule has 0 bridgehead atoms. The minimum absolute atomic E-state index is 0.509. The minimum atomic E-state index is -1.82. The van der Waals surface area contributed by atoms with E-state index in [1.807, 2.05) is 18.2 Å². The zero-order valence-electron chi connectivity index (χ0n) is 15.8. The Morgan fingerprint density at radius 1 is 1.08 bits per heavy atom. The van der Waals surface area contributed by atoms with Crippen LogP contribution in [0.4, 0.5) is 0 Å². The normalized spacial score (nSPS) is 11.8. The maximum absolute atomic E-state index is 6.44. The van der Waals surface area contributed by atoms with Crippen LogP contribution in [0, 0.1) is 11.2 Å². The summed E-state index contributed by atoms with van der Waals surface area (Å²) in [5.74, 6) is 4.02. The molecule has 0 saturated carbocycles. The van der Waals surface area contributed by atoms with Crippen LogP contribution in [-0.4, -0.2) is 22.0 Å².